The zero-order valence-corrected chi connectivity index (χ0v) is 6.63. The number of aromatic nitrogens is 2. The van der Waals surface area contributed by atoms with Crippen molar-refractivity contribution in [1.82, 2.24) is 9.97 Å². The van der Waals surface area contributed by atoms with E-state index in [0.29, 0.717) is 12.1 Å². The second-order valence-electron chi connectivity index (χ2n) is 2.25. The Labute approximate surface area is 68.8 Å². The predicted molar refractivity (Wildman–Crippen MR) is 38.9 cm³/mol. The van der Waals surface area contributed by atoms with Gasteiger partial charge in [-0.15, -0.1) is 0 Å². The standard InChI is InChI=1S/C7H9FN2O2/c1-12-6(11)3-2-5-7(8)10-4-9-5/h4H,2-3H2,1H3,(H,9,10). The quantitative estimate of drug-likeness (QED) is 0.681. The second-order valence-corrected chi connectivity index (χ2v) is 2.25. The molecule has 12 heavy (non-hydrogen) atoms. The van der Waals surface area contributed by atoms with E-state index >= 15 is 0 Å². The Balaban J connectivity index is 2.43. The third-order valence-corrected chi connectivity index (χ3v) is 1.47. The van der Waals surface area contributed by atoms with Gasteiger partial charge in [-0.25, -0.2) is 4.98 Å². The molecule has 0 saturated carbocycles. The largest absolute Gasteiger partial charge is 0.469 e. The maximum Gasteiger partial charge on any atom is 0.305 e. The van der Waals surface area contributed by atoms with E-state index in [1.807, 2.05) is 0 Å². The zero-order valence-electron chi connectivity index (χ0n) is 6.63. The van der Waals surface area contributed by atoms with Crippen molar-refractivity contribution < 1.29 is 13.9 Å². The number of methoxy groups -OCH3 is 1. The van der Waals surface area contributed by atoms with Crippen molar-refractivity contribution in [3.63, 3.8) is 0 Å². The number of H-pyrrole nitrogens is 1. The first-order valence-electron chi connectivity index (χ1n) is 3.48. The molecule has 0 amide bonds. The van der Waals surface area contributed by atoms with E-state index in [4.69, 9.17) is 0 Å². The molecule has 1 heterocycles. The fourth-order valence-electron chi connectivity index (χ4n) is 0.809. The molecule has 0 aliphatic carbocycles. The van der Waals surface area contributed by atoms with Gasteiger partial charge in [0.25, 0.3) is 0 Å². The van der Waals surface area contributed by atoms with Gasteiger partial charge in [0.2, 0.25) is 5.95 Å². The number of carbonyl (C=O) groups excluding carboxylic acids is 1. The minimum Gasteiger partial charge on any atom is -0.469 e. The number of aromatic amines is 1. The first-order chi connectivity index (χ1) is 5.74. The lowest BCUT2D eigenvalue weighted by Crippen LogP contribution is -2.02. The lowest BCUT2D eigenvalue weighted by molar-refractivity contribution is -0.140. The molecular formula is C7H9FN2O2. The summed E-state index contributed by atoms with van der Waals surface area (Å²) in [5, 5.41) is 0. The minimum absolute atomic E-state index is 0.162. The number of carbonyl (C=O) groups is 1. The summed E-state index contributed by atoms with van der Waals surface area (Å²) in [5.41, 5.74) is 0.334. The summed E-state index contributed by atoms with van der Waals surface area (Å²) in [6.45, 7) is 0. The van der Waals surface area contributed by atoms with Crippen LogP contribution in [0.1, 0.15) is 12.1 Å². The van der Waals surface area contributed by atoms with Gasteiger partial charge in [-0.2, -0.15) is 4.39 Å². The van der Waals surface area contributed by atoms with Gasteiger partial charge in [0.1, 0.15) is 0 Å². The first kappa shape index (κ1) is 8.70. The van der Waals surface area contributed by atoms with Gasteiger partial charge in [-0.05, 0) is 0 Å². The van der Waals surface area contributed by atoms with E-state index in [9.17, 15) is 9.18 Å². The predicted octanol–water partition coefficient (Wildman–Crippen LogP) is 0.654. The fourth-order valence-corrected chi connectivity index (χ4v) is 0.809. The van der Waals surface area contributed by atoms with Crippen molar-refractivity contribution in [1.29, 1.82) is 0 Å². The molecule has 4 nitrogen and oxygen atoms in total. The number of hydrogen-bond acceptors (Lipinski definition) is 3. The third-order valence-electron chi connectivity index (χ3n) is 1.47. The Kier molecular flexibility index (Phi) is 2.79. The van der Waals surface area contributed by atoms with E-state index in [-0.39, 0.29) is 12.4 Å². The van der Waals surface area contributed by atoms with Crippen molar-refractivity contribution in [3.05, 3.63) is 18.0 Å². The summed E-state index contributed by atoms with van der Waals surface area (Å²) >= 11 is 0. The van der Waals surface area contributed by atoms with Gasteiger partial charge in [-0.1, -0.05) is 0 Å². The summed E-state index contributed by atoms with van der Waals surface area (Å²) in [6.07, 6.45) is 1.70. The van der Waals surface area contributed by atoms with Gasteiger partial charge in [0, 0.05) is 6.42 Å². The molecule has 0 spiro atoms. The normalized spacial score (nSPS) is 9.83. The maximum absolute atomic E-state index is 12.6. The maximum atomic E-state index is 12.6. The zero-order chi connectivity index (χ0) is 8.97. The van der Waals surface area contributed by atoms with E-state index in [1.165, 1.54) is 13.4 Å². The van der Waals surface area contributed by atoms with Crippen LogP contribution >= 0.6 is 0 Å². The van der Waals surface area contributed by atoms with Crippen molar-refractivity contribution in [2.45, 2.75) is 12.8 Å². The third kappa shape index (κ3) is 2.05. The van der Waals surface area contributed by atoms with Crippen LogP contribution in [0.3, 0.4) is 0 Å². The van der Waals surface area contributed by atoms with Gasteiger partial charge >= 0.3 is 5.97 Å². The van der Waals surface area contributed by atoms with Crippen LogP contribution in [0.15, 0.2) is 6.33 Å². The summed E-state index contributed by atoms with van der Waals surface area (Å²) in [7, 11) is 1.30. The van der Waals surface area contributed by atoms with Gasteiger partial charge in [0.15, 0.2) is 0 Å². The molecule has 0 aromatic carbocycles. The Bertz CT molecular complexity index is 272. The Morgan fingerprint density at radius 3 is 3.08 bits per heavy atom. The Morgan fingerprint density at radius 1 is 1.83 bits per heavy atom. The van der Waals surface area contributed by atoms with Crippen molar-refractivity contribution >= 4 is 5.97 Å². The van der Waals surface area contributed by atoms with Gasteiger partial charge < -0.3 is 9.72 Å². The molecule has 0 atom stereocenters. The van der Waals surface area contributed by atoms with Crippen LogP contribution < -0.4 is 0 Å². The number of hydrogen-bond donors (Lipinski definition) is 1. The molecule has 1 rings (SSSR count). The van der Waals surface area contributed by atoms with Crippen LogP contribution in [-0.4, -0.2) is 23.0 Å². The number of halogens is 1. The number of nitrogens with zero attached hydrogens (tertiary/aromatic N) is 1. The average Bonchev–Trinajstić information content (AvgIpc) is 2.47. The molecular weight excluding hydrogens is 163 g/mol. The summed E-state index contributed by atoms with van der Waals surface area (Å²) < 4.78 is 17.0. The molecule has 0 radical (unpaired) electrons. The lowest BCUT2D eigenvalue weighted by atomic mass is 10.2. The smallest absolute Gasteiger partial charge is 0.305 e. The highest BCUT2D eigenvalue weighted by atomic mass is 19.1. The van der Waals surface area contributed by atoms with Crippen LogP contribution in [0.5, 0.6) is 0 Å². The highest BCUT2D eigenvalue weighted by Crippen LogP contribution is 2.03. The molecule has 0 bridgehead atoms. The molecule has 0 unspecified atom stereocenters. The van der Waals surface area contributed by atoms with Crippen LogP contribution in [-0.2, 0) is 16.0 Å². The first-order valence-corrected chi connectivity index (χ1v) is 3.48. The van der Waals surface area contributed by atoms with Crippen LogP contribution in [0, 0.1) is 5.95 Å². The van der Waals surface area contributed by atoms with Crippen LogP contribution in [0.4, 0.5) is 4.39 Å². The van der Waals surface area contributed by atoms with E-state index in [2.05, 4.69) is 14.7 Å². The van der Waals surface area contributed by atoms with Crippen molar-refractivity contribution in [2.75, 3.05) is 7.11 Å². The van der Waals surface area contributed by atoms with E-state index in [0.717, 1.165) is 0 Å². The molecule has 1 aromatic rings. The number of ether oxygens (including phenoxy) is 1. The molecule has 1 N–H and O–H groups in total. The summed E-state index contributed by atoms with van der Waals surface area (Å²) in [5.74, 6) is -0.914. The topological polar surface area (TPSA) is 55.0 Å². The molecule has 66 valence electrons. The highest BCUT2D eigenvalue weighted by Gasteiger charge is 2.07. The van der Waals surface area contributed by atoms with E-state index < -0.39 is 5.95 Å². The average molecular weight is 172 g/mol. The fraction of sp³-hybridized carbons (Fsp3) is 0.429. The number of nitrogens with one attached hydrogen (secondary N) is 1. The minimum atomic E-state index is -0.557. The monoisotopic (exact) mass is 172 g/mol. The van der Waals surface area contributed by atoms with Crippen LogP contribution in [0.25, 0.3) is 0 Å². The van der Waals surface area contributed by atoms with Crippen molar-refractivity contribution in [3.8, 4) is 0 Å². The Hall–Kier alpha value is -1.39. The SMILES string of the molecule is COC(=O)CCc1[nH]cnc1F. The number of esters is 1. The summed E-state index contributed by atoms with van der Waals surface area (Å²) in [6, 6.07) is 0. The van der Waals surface area contributed by atoms with E-state index in [1.54, 1.807) is 0 Å². The molecule has 0 saturated heterocycles. The van der Waals surface area contributed by atoms with Crippen molar-refractivity contribution in [2.24, 2.45) is 0 Å². The lowest BCUT2D eigenvalue weighted by Gasteiger charge is -1.96. The van der Waals surface area contributed by atoms with Gasteiger partial charge in [-0.3, -0.25) is 4.79 Å². The number of aryl methyl sites for hydroxylation is 1. The molecule has 0 fully saturated rings. The molecule has 0 aliphatic rings. The second kappa shape index (κ2) is 3.85. The highest BCUT2D eigenvalue weighted by molar-refractivity contribution is 5.69. The molecule has 1 aromatic heterocycles. The molecule has 0 aliphatic heterocycles. The summed E-state index contributed by atoms with van der Waals surface area (Å²) in [4.78, 5) is 16.6. The number of imidazole rings is 1. The Morgan fingerprint density at radius 2 is 2.58 bits per heavy atom. The van der Waals surface area contributed by atoms with Gasteiger partial charge in [0.05, 0.1) is 25.6 Å². The van der Waals surface area contributed by atoms with Crippen LogP contribution in [0.2, 0.25) is 0 Å². The number of rotatable bonds is 3. The molecule has 5 heteroatoms.